The van der Waals surface area contributed by atoms with Gasteiger partial charge in [-0.3, -0.25) is 14.3 Å². The van der Waals surface area contributed by atoms with Crippen LogP contribution in [0.4, 0.5) is 0 Å². The summed E-state index contributed by atoms with van der Waals surface area (Å²) in [5.41, 5.74) is 1.38. The zero-order valence-corrected chi connectivity index (χ0v) is 14.7. The van der Waals surface area contributed by atoms with E-state index >= 15 is 0 Å². The fraction of sp³-hybridized carbons (Fsp3) is 0.167. The lowest BCUT2D eigenvalue weighted by Gasteiger charge is -2.10. The first kappa shape index (κ1) is 17.5. The minimum Gasteiger partial charge on any atom is -0.352 e. The summed E-state index contributed by atoms with van der Waals surface area (Å²) in [6, 6.07) is 12.3. The lowest BCUT2D eigenvalue weighted by atomic mass is 10.2. The van der Waals surface area contributed by atoms with Gasteiger partial charge in [0.1, 0.15) is 0 Å². The number of benzene rings is 2. The third kappa shape index (κ3) is 4.18. The fourth-order valence-corrected chi connectivity index (χ4v) is 2.97. The largest absolute Gasteiger partial charge is 0.352 e. The van der Waals surface area contributed by atoms with Crippen LogP contribution in [0.3, 0.4) is 0 Å². The number of carbonyl (C=O) groups excluding carboxylic acids is 1. The van der Waals surface area contributed by atoms with Crippen molar-refractivity contribution in [2.45, 2.75) is 19.5 Å². The highest BCUT2D eigenvalue weighted by molar-refractivity contribution is 6.35. The van der Waals surface area contributed by atoms with Gasteiger partial charge in [-0.15, -0.1) is 0 Å². The Kier molecular flexibility index (Phi) is 5.36. The molecule has 0 fully saturated rings. The average Bonchev–Trinajstić information content (AvgIpc) is 2.61. The molecule has 0 bridgehead atoms. The number of aryl methyl sites for hydroxylation is 1. The maximum atomic E-state index is 12.1. The van der Waals surface area contributed by atoms with Crippen molar-refractivity contribution in [2.24, 2.45) is 0 Å². The number of rotatable bonds is 5. The molecule has 1 amide bonds. The predicted molar refractivity (Wildman–Crippen MR) is 98.9 cm³/mol. The van der Waals surface area contributed by atoms with Crippen LogP contribution in [0.2, 0.25) is 10.0 Å². The number of nitrogens with zero attached hydrogens (tertiary/aromatic N) is 2. The molecule has 7 heteroatoms. The number of hydrogen-bond acceptors (Lipinski definition) is 3. The van der Waals surface area contributed by atoms with E-state index in [1.807, 2.05) is 12.1 Å². The van der Waals surface area contributed by atoms with E-state index in [1.54, 1.807) is 35.0 Å². The van der Waals surface area contributed by atoms with Gasteiger partial charge in [0.25, 0.3) is 0 Å². The van der Waals surface area contributed by atoms with Crippen LogP contribution in [0.1, 0.15) is 12.0 Å². The number of amides is 1. The van der Waals surface area contributed by atoms with Crippen molar-refractivity contribution in [3.05, 3.63) is 74.5 Å². The summed E-state index contributed by atoms with van der Waals surface area (Å²) in [5, 5.41) is 8.58. The Bertz CT molecular complexity index is 985. The molecule has 0 atom stereocenters. The van der Waals surface area contributed by atoms with Crippen molar-refractivity contribution < 1.29 is 4.79 Å². The Labute approximate surface area is 154 Å². The Morgan fingerprint density at radius 2 is 1.96 bits per heavy atom. The van der Waals surface area contributed by atoms with Crippen LogP contribution in [-0.2, 0) is 17.9 Å². The van der Waals surface area contributed by atoms with E-state index in [2.05, 4.69) is 10.4 Å². The van der Waals surface area contributed by atoms with Crippen LogP contribution in [0.15, 0.2) is 53.5 Å². The van der Waals surface area contributed by atoms with Gasteiger partial charge in [0.05, 0.1) is 18.3 Å². The molecule has 0 saturated carbocycles. The summed E-state index contributed by atoms with van der Waals surface area (Å²) >= 11 is 11.9. The number of halogens is 2. The number of fused-ring (bicyclic) bond motifs is 1. The average molecular weight is 376 g/mol. The summed E-state index contributed by atoms with van der Waals surface area (Å²) < 4.78 is 1.66. The zero-order chi connectivity index (χ0) is 17.8. The van der Waals surface area contributed by atoms with Gasteiger partial charge in [0, 0.05) is 28.4 Å². The second-order valence-corrected chi connectivity index (χ2v) is 6.36. The third-order valence-electron chi connectivity index (χ3n) is 3.80. The van der Waals surface area contributed by atoms with Crippen molar-refractivity contribution >= 4 is 40.0 Å². The highest BCUT2D eigenvalue weighted by atomic mass is 35.5. The first-order valence-corrected chi connectivity index (χ1v) is 8.45. The molecule has 0 aliphatic carbocycles. The number of nitrogens with one attached hydrogen (secondary N) is 1. The molecule has 0 spiro atoms. The van der Waals surface area contributed by atoms with Gasteiger partial charge in [0.2, 0.25) is 11.3 Å². The molecule has 2 aromatic carbocycles. The van der Waals surface area contributed by atoms with Gasteiger partial charge < -0.3 is 5.32 Å². The summed E-state index contributed by atoms with van der Waals surface area (Å²) in [4.78, 5) is 23.9. The smallest absolute Gasteiger partial charge is 0.222 e. The minimum absolute atomic E-state index is 0.129. The molecule has 0 aliphatic heterocycles. The minimum atomic E-state index is -0.131. The van der Waals surface area contributed by atoms with Crippen LogP contribution in [0.25, 0.3) is 10.9 Å². The molecule has 0 radical (unpaired) electrons. The van der Waals surface area contributed by atoms with Gasteiger partial charge in [0.15, 0.2) is 0 Å². The second kappa shape index (κ2) is 7.68. The Morgan fingerprint density at radius 1 is 1.16 bits per heavy atom. The third-order valence-corrected chi connectivity index (χ3v) is 4.39. The number of aromatic nitrogens is 2. The molecule has 25 heavy (non-hydrogen) atoms. The summed E-state index contributed by atoms with van der Waals surface area (Å²) in [7, 11) is 0. The Balaban J connectivity index is 1.63. The maximum Gasteiger partial charge on any atom is 0.222 e. The van der Waals surface area contributed by atoms with E-state index in [0.29, 0.717) is 34.0 Å². The molecular formula is C18H15Cl2N3O2. The van der Waals surface area contributed by atoms with E-state index in [4.69, 9.17) is 23.2 Å². The van der Waals surface area contributed by atoms with E-state index in [0.717, 1.165) is 5.56 Å². The summed E-state index contributed by atoms with van der Waals surface area (Å²) in [6.07, 6.45) is 1.51. The predicted octanol–water partition coefficient (Wildman–Crippen LogP) is 3.41. The quantitative estimate of drug-likeness (QED) is 0.742. The SMILES string of the molecule is O=C(CCn1ncc(=O)c2ccccc21)NCc1ccc(Cl)cc1Cl. The van der Waals surface area contributed by atoms with Gasteiger partial charge in [-0.2, -0.15) is 5.10 Å². The summed E-state index contributed by atoms with van der Waals surface area (Å²) in [6.45, 7) is 0.703. The molecule has 1 N–H and O–H groups in total. The van der Waals surface area contributed by atoms with Crippen molar-refractivity contribution in [1.82, 2.24) is 15.1 Å². The highest BCUT2D eigenvalue weighted by Crippen LogP contribution is 2.20. The molecule has 1 aromatic heterocycles. The molecule has 3 rings (SSSR count). The van der Waals surface area contributed by atoms with Crippen molar-refractivity contribution in [3.8, 4) is 0 Å². The monoisotopic (exact) mass is 375 g/mol. The van der Waals surface area contributed by atoms with E-state index in [9.17, 15) is 9.59 Å². The lowest BCUT2D eigenvalue weighted by Crippen LogP contribution is -2.25. The molecule has 0 saturated heterocycles. The van der Waals surface area contributed by atoms with Gasteiger partial charge >= 0.3 is 0 Å². The molecular weight excluding hydrogens is 361 g/mol. The fourth-order valence-electron chi connectivity index (χ4n) is 2.49. The number of hydrogen-bond donors (Lipinski definition) is 1. The molecule has 5 nitrogen and oxygen atoms in total. The molecule has 0 aliphatic rings. The van der Waals surface area contributed by atoms with Gasteiger partial charge in [-0.05, 0) is 29.8 Å². The van der Waals surface area contributed by atoms with E-state index in [-0.39, 0.29) is 17.8 Å². The first-order chi connectivity index (χ1) is 12.0. The van der Waals surface area contributed by atoms with Crippen molar-refractivity contribution in [2.75, 3.05) is 0 Å². The van der Waals surface area contributed by atoms with Crippen LogP contribution in [0, 0.1) is 0 Å². The highest BCUT2D eigenvalue weighted by Gasteiger charge is 2.07. The Morgan fingerprint density at radius 3 is 2.76 bits per heavy atom. The number of carbonyl (C=O) groups is 1. The molecule has 128 valence electrons. The summed E-state index contributed by atoms with van der Waals surface area (Å²) in [5.74, 6) is -0.129. The second-order valence-electron chi connectivity index (χ2n) is 5.51. The number of para-hydroxylation sites is 1. The van der Waals surface area contributed by atoms with Gasteiger partial charge in [-0.1, -0.05) is 41.4 Å². The lowest BCUT2D eigenvalue weighted by molar-refractivity contribution is -0.121. The van der Waals surface area contributed by atoms with Crippen molar-refractivity contribution in [1.29, 1.82) is 0 Å². The van der Waals surface area contributed by atoms with Gasteiger partial charge in [-0.25, -0.2) is 0 Å². The normalized spacial score (nSPS) is 10.8. The first-order valence-electron chi connectivity index (χ1n) is 7.70. The van der Waals surface area contributed by atoms with Crippen LogP contribution in [-0.4, -0.2) is 15.7 Å². The van der Waals surface area contributed by atoms with Crippen LogP contribution >= 0.6 is 23.2 Å². The molecule has 3 aromatic rings. The zero-order valence-electron chi connectivity index (χ0n) is 13.2. The van der Waals surface area contributed by atoms with E-state index < -0.39 is 0 Å². The topological polar surface area (TPSA) is 64.0 Å². The van der Waals surface area contributed by atoms with Crippen LogP contribution in [0.5, 0.6) is 0 Å². The maximum absolute atomic E-state index is 12.1. The Hall–Kier alpha value is -2.37. The van der Waals surface area contributed by atoms with Crippen molar-refractivity contribution in [3.63, 3.8) is 0 Å². The van der Waals surface area contributed by atoms with Crippen LogP contribution < -0.4 is 10.7 Å². The molecule has 1 heterocycles. The molecule has 0 unspecified atom stereocenters. The standard InChI is InChI=1S/C18H15Cl2N3O2/c19-13-6-5-12(15(20)9-13)10-21-18(25)7-8-23-16-4-2-1-3-14(16)17(24)11-22-23/h1-6,9,11H,7-8,10H2,(H,21,25). The van der Waals surface area contributed by atoms with E-state index in [1.165, 1.54) is 6.20 Å².